The monoisotopic (exact) mass is 336 g/mol. The van der Waals surface area contributed by atoms with E-state index >= 15 is 0 Å². The van der Waals surface area contributed by atoms with E-state index in [2.05, 4.69) is 10.6 Å². The minimum Gasteiger partial charge on any atom is -0.326 e. The minimum absolute atomic E-state index is 0.0204. The van der Waals surface area contributed by atoms with Crippen LogP contribution in [0.4, 0.5) is 11.4 Å². The normalized spacial score (nSPS) is 18.3. The molecule has 0 radical (unpaired) electrons. The van der Waals surface area contributed by atoms with Crippen LogP contribution in [0.1, 0.15) is 29.3 Å². The summed E-state index contributed by atoms with van der Waals surface area (Å²) in [5, 5.41) is 5.65. The van der Waals surface area contributed by atoms with Gasteiger partial charge in [0.1, 0.15) is 0 Å². The molecule has 1 saturated carbocycles. The summed E-state index contributed by atoms with van der Waals surface area (Å²) in [5.41, 5.74) is 3.03. The first-order valence-corrected chi connectivity index (χ1v) is 8.23. The maximum absolute atomic E-state index is 12.3. The Balaban J connectivity index is 1.54. The van der Waals surface area contributed by atoms with E-state index in [1.54, 1.807) is 24.3 Å². The van der Waals surface area contributed by atoms with Gasteiger partial charge < -0.3 is 10.6 Å². The van der Waals surface area contributed by atoms with E-state index in [0.717, 1.165) is 11.3 Å². The summed E-state index contributed by atoms with van der Waals surface area (Å²) in [6.07, 6.45) is 0.551. The minimum atomic E-state index is -0.308. The number of benzene rings is 2. The number of hydrogen-bond acceptors (Lipinski definition) is 3. The lowest BCUT2D eigenvalue weighted by Crippen LogP contribution is -2.20. The van der Waals surface area contributed by atoms with Gasteiger partial charge in [0.15, 0.2) is 5.78 Å². The fourth-order valence-electron chi connectivity index (χ4n) is 2.76. The van der Waals surface area contributed by atoms with Crippen molar-refractivity contribution in [3.8, 4) is 0 Å². The predicted octanol–water partition coefficient (Wildman–Crippen LogP) is 3.41. The summed E-state index contributed by atoms with van der Waals surface area (Å²) >= 11 is 0. The number of nitrogens with one attached hydrogen (secondary N) is 2. The average Bonchev–Trinajstić information content (AvgIpc) is 3.36. The highest BCUT2D eigenvalue weighted by Crippen LogP contribution is 2.40. The van der Waals surface area contributed by atoms with Crippen LogP contribution in [-0.2, 0) is 9.59 Å². The highest BCUT2D eigenvalue weighted by molar-refractivity contribution is 6.03. The summed E-state index contributed by atoms with van der Waals surface area (Å²) < 4.78 is 0. The summed E-state index contributed by atoms with van der Waals surface area (Å²) in [6.45, 7) is 3.45. The van der Waals surface area contributed by atoms with E-state index in [1.165, 1.54) is 6.92 Å². The summed E-state index contributed by atoms with van der Waals surface area (Å²) in [6, 6.07) is 14.3. The molecule has 5 nitrogen and oxygen atoms in total. The highest BCUT2D eigenvalue weighted by Gasteiger charge is 2.48. The van der Waals surface area contributed by atoms with Crippen molar-refractivity contribution in [2.75, 3.05) is 10.6 Å². The van der Waals surface area contributed by atoms with Gasteiger partial charge >= 0.3 is 0 Å². The number of aryl methyl sites for hydroxylation is 1. The van der Waals surface area contributed by atoms with Crippen molar-refractivity contribution in [2.45, 2.75) is 20.3 Å². The molecule has 0 aliphatic heterocycles. The van der Waals surface area contributed by atoms with E-state index < -0.39 is 0 Å². The average molecular weight is 336 g/mol. The smallest absolute Gasteiger partial charge is 0.228 e. The third-order valence-corrected chi connectivity index (χ3v) is 4.31. The van der Waals surface area contributed by atoms with Crippen molar-refractivity contribution in [1.82, 2.24) is 0 Å². The van der Waals surface area contributed by atoms with E-state index in [4.69, 9.17) is 0 Å². The Morgan fingerprint density at radius 1 is 0.880 bits per heavy atom. The van der Waals surface area contributed by atoms with Crippen LogP contribution in [0.15, 0.2) is 48.5 Å². The first kappa shape index (κ1) is 16.9. The molecule has 0 heterocycles. The molecule has 1 aliphatic carbocycles. The Kier molecular flexibility index (Phi) is 4.65. The van der Waals surface area contributed by atoms with Crippen LogP contribution in [0.5, 0.6) is 0 Å². The zero-order valence-corrected chi connectivity index (χ0v) is 14.2. The molecule has 1 aliphatic rings. The van der Waals surface area contributed by atoms with Gasteiger partial charge in [0.2, 0.25) is 11.8 Å². The lowest BCUT2D eigenvalue weighted by Gasteiger charge is -2.07. The number of carbonyl (C=O) groups is 3. The molecule has 0 saturated heterocycles. The molecule has 5 heteroatoms. The quantitative estimate of drug-likeness (QED) is 0.822. The van der Waals surface area contributed by atoms with Gasteiger partial charge in [0.25, 0.3) is 0 Å². The number of rotatable bonds is 5. The number of hydrogen-bond donors (Lipinski definition) is 2. The number of carbonyl (C=O) groups excluding carboxylic acids is 3. The van der Waals surface area contributed by atoms with Gasteiger partial charge in [-0.15, -0.1) is 0 Å². The molecule has 0 spiro atoms. The highest BCUT2D eigenvalue weighted by atomic mass is 16.2. The maximum atomic E-state index is 12.3. The van der Waals surface area contributed by atoms with Crippen LogP contribution in [-0.4, -0.2) is 17.6 Å². The molecule has 2 amide bonds. The largest absolute Gasteiger partial charge is 0.326 e. The third kappa shape index (κ3) is 4.12. The van der Waals surface area contributed by atoms with Crippen molar-refractivity contribution in [3.05, 3.63) is 59.7 Å². The Morgan fingerprint density at radius 2 is 1.48 bits per heavy atom. The van der Waals surface area contributed by atoms with Crippen LogP contribution < -0.4 is 10.6 Å². The van der Waals surface area contributed by atoms with Crippen LogP contribution in [0, 0.1) is 18.8 Å². The predicted molar refractivity (Wildman–Crippen MR) is 96.5 cm³/mol. The van der Waals surface area contributed by atoms with Crippen LogP contribution in [0.25, 0.3) is 0 Å². The van der Waals surface area contributed by atoms with E-state index in [1.807, 2.05) is 31.2 Å². The molecule has 128 valence electrons. The SMILES string of the molecule is CC(=O)c1ccc(NC(=O)C2CC2C(=O)Nc2cccc(C)c2)cc1. The van der Waals surface area contributed by atoms with E-state index in [-0.39, 0.29) is 29.4 Å². The standard InChI is InChI=1S/C20H20N2O3/c1-12-4-3-5-16(10-12)22-20(25)18-11-17(18)19(24)21-15-8-6-14(7-9-15)13(2)23/h3-10,17-18H,11H2,1-2H3,(H,21,24)(H,22,25). The van der Waals surface area contributed by atoms with Crippen LogP contribution >= 0.6 is 0 Å². The van der Waals surface area contributed by atoms with Crippen molar-refractivity contribution in [1.29, 1.82) is 0 Å². The summed E-state index contributed by atoms with van der Waals surface area (Å²) in [7, 11) is 0. The van der Waals surface area contributed by atoms with Crippen molar-refractivity contribution in [3.63, 3.8) is 0 Å². The number of amides is 2. The van der Waals surface area contributed by atoms with Crippen molar-refractivity contribution in [2.24, 2.45) is 11.8 Å². The Hall–Kier alpha value is -2.95. The van der Waals surface area contributed by atoms with Crippen LogP contribution in [0.2, 0.25) is 0 Å². The molecule has 2 aromatic rings. The molecule has 0 bridgehead atoms. The van der Waals surface area contributed by atoms with Gasteiger partial charge in [-0.05, 0) is 62.2 Å². The van der Waals surface area contributed by atoms with Crippen LogP contribution in [0.3, 0.4) is 0 Å². The lowest BCUT2D eigenvalue weighted by atomic mass is 10.1. The zero-order valence-electron chi connectivity index (χ0n) is 14.2. The van der Waals surface area contributed by atoms with E-state index in [0.29, 0.717) is 17.7 Å². The fourth-order valence-corrected chi connectivity index (χ4v) is 2.76. The van der Waals surface area contributed by atoms with Gasteiger partial charge in [-0.1, -0.05) is 12.1 Å². The molecule has 3 rings (SSSR count). The molecule has 2 aromatic carbocycles. The third-order valence-electron chi connectivity index (χ3n) is 4.31. The molecule has 1 fully saturated rings. The second-order valence-corrected chi connectivity index (χ2v) is 6.43. The molecule has 2 N–H and O–H groups in total. The molecule has 2 unspecified atom stereocenters. The number of anilines is 2. The fraction of sp³-hybridized carbons (Fsp3) is 0.250. The number of ketones is 1. The maximum Gasteiger partial charge on any atom is 0.228 e. The second-order valence-electron chi connectivity index (χ2n) is 6.43. The molecular formula is C20H20N2O3. The first-order chi connectivity index (χ1) is 11.9. The van der Waals surface area contributed by atoms with E-state index in [9.17, 15) is 14.4 Å². The second kappa shape index (κ2) is 6.89. The Morgan fingerprint density at radius 3 is 2.04 bits per heavy atom. The van der Waals surface area contributed by atoms with Gasteiger partial charge in [-0.25, -0.2) is 0 Å². The van der Waals surface area contributed by atoms with Gasteiger partial charge in [-0.2, -0.15) is 0 Å². The lowest BCUT2D eigenvalue weighted by molar-refractivity contribution is -0.122. The topological polar surface area (TPSA) is 75.3 Å². The number of Topliss-reactive ketones (excluding diaryl/α,β-unsaturated/α-hetero) is 1. The molecule has 25 heavy (non-hydrogen) atoms. The summed E-state index contributed by atoms with van der Waals surface area (Å²) in [4.78, 5) is 35.8. The summed E-state index contributed by atoms with van der Waals surface area (Å²) in [5.74, 6) is -0.917. The molecule has 0 aromatic heterocycles. The Bertz CT molecular complexity index is 827. The van der Waals surface area contributed by atoms with Crippen molar-refractivity contribution < 1.29 is 14.4 Å². The first-order valence-electron chi connectivity index (χ1n) is 8.23. The van der Waals surface area contributed by atoms with Gasteiger partial charge in [0.05, 0.1) is 11.8 Å². The van der Waals surface area contributed by atoms with Gasteiger partial charge in [-0.3, -0.25) is 14.4 Å². The van der Waals surface area contributed by atoms with Crippen molar-refractivity contribution >= 4 is 29.0 Å². The molecule has 2 atom stereocenters. The molecular weight excluding hydrogens is 316 g/mol. The zero-order chi connectivity index (χ0) is 18.0. The van der Waals surface area contributed by atoms with Gasteiger partial charge in [0, 0.05) is 16.9 Å². The Labute approximate surface area is 146 Å².